The first-order valence-corrected chi connectivity index (χ1v) is 1.21. The van der Waals surface area contributed by atoms with Gasteiger partial charge in [-0.3, -0.25) is 0 Å². The topological polar surface area (TPSA) is 70.0 Å². The molecule has 0 heterocycles. The fourth-order valence-electron chi connectivity index (χ4n) is 0. The molecular weight excluding hydrogens is 128 g/mol. The summed E-state index contributed by atoms with van der Waals surface area (Å²) in [4.78, 5) is 0. The summed E-state index contributed by atoms with van der Waals surface area (Å²) in [6, 6.07) is 0. The molecule has 2 nitrogen and oxygen atoms in total. The average Bonchev–Trinajstić information content (AvgIpc) is 0.918. The van der Waals surface area contributed by atoms with E-state index in [0.29, 0.717) is 0 Å². The number of hydrogen-bond acceptors (Lipinski definition) is 2. The maximum atomic E-state index is 3.49. The van der Waals surface area contributed by atoms with Crippen LogP contribution in [-0.2, 0) is 17.1 Å². The molecule has 0 rings (SSSR count). The fraction of sp³-hybridized carbons (Fsp3) is 0.667. The minimum absolute atomic E-state index is 0. The van der Waals surface area contributed by atoms with Crippen molar-refractivity contribution in [2.24, 2.45) is 0 Å². The van der Waals surface area contributed by atoms with Crippen LogP contribution >= 0.6 is 0 Å². The number of hydrogen-bond donors (Lipinski definition) is 2. The van der Waals surface area contributed by atoms with Gasteiger partial charge in [0.15, 0.2) is 0 Å². The summed E-state index contributed by atoms with van der Waals surface area (Å²) in [5, 5.41) is 0. The minimum atomic E-state index is 0. The van der Waals surface area contributed by atoms with Gasteiger partial charge >= 0.3 is 17.1 Å². The molecule has 0 fully saturated rings. The molecule has 0 spiro atoms. The first-order valence-electron chi connectivity index (χ1n) is 1.21. The Kier molecular flexibility index (Phi) is 276. The molecule has 0 unspecified atom stereocenters. The molecule has 3 heteroatoms. The molecule has 0 radical (unpaired) electrons. The van der Waals surface area contributed by atoms with Gasteiger partial charge in [0.05, 0.1) is 0 Å². The van der Waals surface area contributed by atoms with E-state index in [9.17, 15) is 0 Å². The molecule has 0 atom stereocenters. The van der Waals surface area contributed by atoms with Crippen LogP contribution in [0.25, 0.3) is 0 Å². The Morgan fingerprint density at radius 2 is 1.33 bits per heavy atom. The van der Waals surface area contributed by atoms with Crippen molar-refractivity contribution in [3.63, 3.8) is 0 Å². The van der Waals surface area contributed by atoms with Gasteiger partial charge < -0.3 is 19.2 Å². The second-order valence-corrected chi connectivity index (χ2v) is 0.500. The Morgan fingerprint density at radius 3 is 1.33 bits per heavy atom. The van der Waals surface area contributed by atoms with Crippen LogP contribution in [0.5, 0.6) is 0 Å². The third-order valence-corrected chi connectivity index (χ3v) is 0. The predicted octanol–water partition coefficient (Wildman–Crippen LogP) is 1.55. The van der Waals surface area contributed by atoms with Crippen molar-refractivity contribution in [1.82, 2.24) is 12.3 Å². The molecule has 0 saturated carbocycles. The summed E-state index contributed by atoms with van der Waals surface area (Å²) in [6.45, 7) is 5.50. The van der Waals surface area contributed by atoms with Crippen LogP contribution in [0.2, 0.25) is 0 Å². The van der Waals surface area contributed by atoms with Gasteiger partial charge in [-0.15, -0.1) is 0 Å². The molecule has 0 aliphatic heterocycles. The normalized spacial score (nSPS) is 3.00. The van der Waals surface area contributed by atoms with Gasteiger partial charge in [0.1, 0.15) is 0 Å². The molecule has 0 aliphatic carbocycles. The van der Waals surface area contributed by atoms with Crippen molar-refractivity contribution in [2.45, 2.75) is 13.3 Å². The van der Waals surface area contributed by atoms with E-state index in [1.807, 2.05) is 6.92 Å². The molecule has 0 aromatic heterocycles. The van der Waals surface area contributed by atoms with Gasteiger partial charge in [0.2, 0.25) is 0 Å². The van der Waals surface area contributed by atoms with Gasteiger partial charge in [-0.25, -0.2) is 0 Å². The summed E-state index contributed by atoms with van der Waals surface area (Å²) in [5.74, 6) is 0. The fourth-order valence-corrected chi connectivity index (χ4v) is 0. The Hall–Kier alpha value is 0.439. The van der Waals surface area contributed by atoms with Crippen molar-refractivity contribution < 1.29 is 17.1 Å². The van der Waals surface area contributed by atoms with Crippen LogP contribution in [0.4, 0.5) is 0 Å². The molecular formula is C3H13CuN2. The van der Waals surface area contributed by atoms with Crippen LogP contribution in [-0.4, -0.2) is 0 Å². The Bertz CT molecular complexity index is 8.75. The van der Waals surface area contributed by atoms with E-state index in [1.54, 1.807) is 0 Å². The van der Waals surface area contributed by atoms with Gasteiger partial charge in [0.25, 0.3) is 0 Å². The molecule has 6 N–H and O–H groups in total. The van der Waals surface area contributed by atoms with E-state index >= 15 is 0 Å². The van der Waals surface area contributed by atoms with E-state index in [2.05, 4.69) is 6.92 Å². The second-order valence-electron chi connectivity index (χ2n) is 0.500. The van der Waals surface area contributed by atoms with Crippen molar-refractivity contribution in [3.05, 3.63) is 6.92 Å². The quantitative estimate of drug-likeness (QED) is 0.396. The molecule has 0 saturated heterocycles. The van der Waals surface area contributed by atoms with Crippen molar-refractivity contribution in [1.29, 1.82) is 0 Å². The zero-order chi connectivity index (χ0) is 2.71. The summed E-state index contributed by atoms with van der Waals surface area (Å²) in [6.07, 6.45) is 1.00. The van der Waals surface area contributed by atoms with Crippen LogP contribution in [0.1, 0.15) is 13.3 Å². The standard InChI is InChI=1S/C3H7.Cu.2H3N/c1-3-2;;;/h1,3H2,2H3;;2*1H3/q-1;+1;;. The Morgan fingerprint density at radius 1 is 1.33 bits per heavy atom. The van der Waals surface area contributed by atoms with E-state index in [-0.39, 0.29) is 29.4 Å². The Balaban J connectivity index is -0.00000000667. The monoisotopic (exact) mass is 140 g/mol. The molecule has 6 heavy (non-hydrogen) atoms. The first kappa shape index (κ1) is 32.0. The van der Waals surface area contributed by atoms with Gasteiger partial charge in [-0.2, -0.15) is 6.42 Å². The van der Waals surface area contributed by atoms with Crippen molar-refractivity contribution in [3.8, 4) is 0 Å². The summed E-state index contributed by atoms with van der Waals surface area (Å²) in [5.41, 5.74) is 0. The largest absolute Gasteiger partial charge is 1.00 e. The van der Waals surface area contributed by atoms with Crippen LogP contribution in [0, 0.1) is 6.92 Å². The third kappa shape index (κ3) is 272. The molecule has 0 bridgehead atoms. The van der Waals surface area contributed by atoms with Crippen molar-refractivity contribution in [2.75, 3.05) is 0 Å². The maximum Gasteiger partial charge on any atom is 1.00 e. The minimum Gasteiger partial charge on any atom is -0.344 e. The van der Waals surface area contributed by atoms with Gasteiger partial charge in [-0.05, 0) is 0 Å². The second kappa shape index (κ2) is 51.7. The number of rotatable bonds is 0. The summed E-state index contributed by atoms with van der Waals surface area (Å²) < 4.78 is 0. The van der Waals surface area contributed by atoms with E-state index in [4.69, 9.17) is 0 Å². The summed E-state index contributed by atoms with van der Waals surface area (Å²) in [7, 11) is 0. The molecule has 46 valence electrons. The van der Waals surface area contributed by atoms with Crippen LogP contribution in [0.15, 0.2) is 0 Å². The molecule has 0 aromatic rings. The maximum absolute atomic E-state index is 3.49. The van der Waals surface area contributed by atoms with E-state index in [0.717, 1.165) is 6.42 Å². The smallest absolute Gasteiger partial charge is 0.344 e. The first-order chi connectivity index (χ1) is 1.41. The molecule has 0 aliphatic rings. The molecule has 0 amide bonds. The van der Waals surface area contributed by atoms with Crippen molar-refractivity contribution >= 4 is 0 Å². The summed E-state index contributed by atoms with van der Waals surface area (Å²) >= 11 is 0. The molecule has 0 aromatic carbocycles. The van der Waals surface area contributed by atoms with E-state index < -0.39 is 0 Å². The van der Waals surface area contributed by atoms with Gasteiger partial charge in [0, 0.05) is 0 Å². The predicted molar refractivity (Wildman–Crippen MR) is 25.7 cm³/mol. The van der Waals surface area contributed by atoms with E-state index in [1.165, 1.54) is 0 Å². The Labute approximate surface area is 50.3 Å². The third-order valence-electron chi connectivity index (χ3n) is 0. The zero-order valence-corrected chi connectivity index (χ0v) is 5.07. The average molecular weight is 141 g/mol. The van der Waals surface area contributed by atoms with Gasteiger partial charge in [-0.1, -0.05) is 6.92 Å². The SMILES string of the molecule is N.N.[CH2-]CC.[Cu+]. The van der Waals surface area contributed by atoms with Crippen LogP contribution < -0.4 is 12.3 Å². The van der Waals surface area contributed by atoms with Crippen LogP contribution in [0.3, 0.4) is 0 Å². The zero-order valence-electron chi connectivity index (χ0n) is 4.13.